The highest BCUT2D eigenvalue weighted by Crippen LogP contribution is 2.15. The van der Waals surface area contributed by atoms with Gasteiger partial charge in [0, 0.05) is 18.3 Å². The zero-order valence-corrected chi connectivity index (χ0v) is 10.9. The van der Waals surface area contributed by atoms with Crippen LogP contribution in [-0.4, -0.2) is 20.7 Å². The summed E-state index contributed by atoms with van der Waals surface area (Å²) in [4.78, 5) is 14.8. The van der Waals surface area contributed by atoms with E-state index in [1.807, 2.05) is 19.9 Å². The van der Waals surface area contributed by atoms with E-state index in [9.17, 15) is 4.79 Å². The van der Waals surface area contributed by atoms with Crippen molar-refractivity contribution in [1.82, 2.24) is 14.8 Å². The molecular formula is C13H15N5O. The average Bonchev–Trinajstić information content (AvgIpc) is 3.00. The summed E-state index contributed by atoms with van der Waals surface area (Å²) in [6, 6.07) is 3.49. The molecule has 19 heavy (non-hydrogen) atoms. The highest BCUT2D eigenvalue weighted by molar-refractivity contribution is 6.03. The largest absolute Gasteiger partial charge is 0.356 e. The second-order valence-corrected chi connectivity index (χ2v) is 4.27. The molecule has 0 atom stereocenters. The van der Waals surface area contributed by atoms with Crippen LogP contribution in [0.3, 0.4) is 0 Å². The van der Waals surface area contributed by atoms with Crippen molar-refractivity contribution in [3.8, 4) is 6.07 Å². The van der Waals surface area contributed by atoms with Crippen molar-refractivity contribution in [2.75, 3.05) is 5.32 Å². The van der Waals surface area contributed by atoms with Gasteiger partial charge in [0.2, 0.25) is 0 Å². The fourth-order valence-corrected chi connectivity index (χ4v) is 1.79. The minimum Gasteiger partial charge on any atom is -0.356 e. The molecule has 0 bridgehead atoms. The standard InChI is InChI=1S/C13H15N5O/c1-3-4-18-12(9(2)7-16-18)17-13(19)11-5-10(6-14)8-15-11/h5,7-8,15H,3-4H2,1-2H3,(H,17,19). The molecule has 0 radical (unpaired) electrons. The van der Waals surface area contributed by atoms with E-state index < -0.39 is 0 Å². The third-order valence-electron chi connectivity index (χ3n) is 2.75. The Kier molecular flexibility index (Phi) is 3.66. The number of aromatic amines is 1. The number of aryl methyl sites for hydroxylation is 2. The number of carbonyl (C=O) groups is 1. The van der Waals surface area contributed by atoms with Gasteiger partial charge in [0.25, 0.3) is 5.91 Å². The number of hydrogen-bond acceptors (Lipinski definition) is 3. The minimum atomic E-state index is -0.276. The molecule has 0 fully saturated rings. The Balaban J connectivity index is 2.19. The monoisotopic (exact) mass is 257 g/mol. The van der Waals surface area contributed by atoms with Crippen LogP contribution in [0.25, 0.3) is 0 Å². The van der Waals surface area contributed by atoms with Crippen molar-refractivity contribution in [3.05, 3.63) is 35.3 Å². The van der Waals surface area contributed by atoms with Gasteiger partial charge in [-0.3, -0.25) is 4.79 Å². The van der Waals surface area contributed by atoms with Crippen molar-refractivity contribution >= 4 is 11.7 Å². The number of hydrogen-bond donors (Lipinski definition) is 2. The Labute approximate surface area is 111 Å². The number of aromatic nitrogens is 3. The van der Waals surface area contributed by atoms with Crippen molar-refractivity contribution in [1.29, 1.82) is 5.26 Å². The first-order valence-corrected chi connectivity index (χ1v) is 6.08. The molecule has 0 saturated carbocycles. The lowest BCUT2D eigenvalue weighted by molar-refractivity contribution is 0.102. The van der Waals surface area contributed by atoms with Crippen molar-refractivity contribution in [3.63, 3.8) is 0 Å². The summed E-state index contributed by atoms with van der Waals surface area (Å²) in [5, 5.41) is 15.8. The molecule has 0 aliphatic rings. The zero-order valence-electron chi connectivity index (χ0n) is 10.9. The quantitative estimate of drug-likeness (QED) is 0.878. The molecule has 0 spiro atoms. The maximum Gasteiger partial charge on any atom is 0.273 e. The van der Waals surface area contributed by atoms with Crippen molar-refractivity contribution in [2.45, 2.75) is 26.8 Å². The van der Waals surface area contributed by atoms with Gasteiger partial charge in [-0.1, -0.05) is 6.92 Å². The Bertz CT molecular complexity index is 632. The molecule has 2 heterocycles. The van der Waals surface area contributed by atoms with Crippen molar-refractivity contribution in [2.24, 2.45) is 0 Å². The molecule has 0 aliphatic heterocycles. The first-order valence-electron chi connectivity index (χ1n) is 6.08. The minimum absolute atomic E-state index is 0.276. The van der Waals surface area contributed by atoms with Crippen LogP contribution in [0, 0.1) is 18.3 Å². The summed E-state index contributed by atoms with van der Waals surface area (Å²) in [7, 11) is 0. The summed E-state index contributed by atoms with van der Waals surface area (Å²) in [6.45, 7) is 4.69. The molecule has 0 aromatic carbocycles. The lowest BCUT2D eigenvalue weighted by Gasteiger charge is -2.08. The van der Waals surface area contributed by atoms with Crippen LogP contribution in [0.1, 0.15) is 35.0 Å². The highest BCUT2D eigenvalue weighted by atomic mass is 16.2. The lowest BCUT2D eigenvalue weighted by Crippen LogP contribution is -2.16. The predicted octanol–water partition coefficient (Wildman–Crippen LogP) is 2.05. The maximum absolute atomic E-state index is 12.1. The number of rotatable bonds is 4. The normalized spacial score (nSPS) is 10.2. The number of nitriles is 1. The van der Waals surface area contributed by atoms with Gasteiger partial charge in [0.1, 0.15) is 17.6 Å². The van der Waals surface area contributed by atoms with Gasteiger partial charge in [-0.05, 0) is 19.4 Å². The molecular weight excluding hydrogens is 242 g/mol. The first-order chi connectivity index (χ1) is 9.15. The van der Waals surface area contributed by atoms with E-state index in [2.05, 4.69) is 15.4 Å². The Morgan fingerprint density at radius 1 is 1.63 bits per heavy atom. The Morgan fingerprint density at radius 3 is 3.05 bits per heavy atom. The summed E-state index contributed by atoms with van der Waals surface area (Å²) < 4.78 is 1.77. The maximum atomic E-state index is 12.1. The number of amides is 1. The highest BCUT2D eigenvalue weighted by Gasteiger charge is 2.13. The third kappa shape index (κ3) is 2.65. The summed E-state index contributed by atoms with van der Waals surface area (Å²) >= 11 is 0. The molecule has 2 rings (SSSR count). The van der Waals surface area contributed by atoms with Gasteiger partial charge in [-0.15, -0.1) is 0 Å². The predicted molar refractivity (Wildman–Crippen MR) is 70.7 cm³/mol. The van der Waals surface area contributed by atoms with Crippen LogP contribution in [0.2, 0.25) is 0 Å². The van der Waals surface area contributed by atoms with Crippen LogP contribution in [0.4, 0.5) is 5.82 Å². The molecule has 2 N–H and O–H groups in total. The first kappa shape index (κ1) is 12.9. The molecule has 98 valence electrons. The van der Waals surface area contributed by atoms with E-state index in [4.69, 9.17) is 5.26 Å². The zero-order chi connectivity index (χ0) is 13.8. The van der Waals surface area contributed by atoms with Crippen molar-refractivity contribution < 1.29 is 4.79 Å². The molecule has 1 amide bonds. The topological polar surface area (TPSA) is 86.5 Å². The number of H-pyrrole nitrogens is 1. The van der Waals surface area contributed by atoms with Crippen LogP contribution in [0.5, 0.6) is 0 Å². The second kappa shape index (κ2) is 5.40. The fraction of sp³-hybridized carbons (Fsp3) is 0.308. The van der Waals surface area contributed by atoms with Crippen LogP contribution < -0.4 is 5.32 Å². The molecule has 0 unspecified atom stereocenters. The third-order valence-corrected chi connectivity index (χ3v) is 2.75. The van der Waals surface area contributed by atoms with Crippen LogP contribution in [0.15, 0.2) is 18.5 Å². The number of nitrogens with zero attached hydrogens (tertiary/aromatic N) is 3. The Morgan fingerprint density at radius 2 is 2.42 bits per heavy atom. The SMILES string of the molecule is CCCn1ncc(C)c1NC(=O)c1cc(C#N)c[nH]1. The van der Waals surface area contributed by atoms with Gasteiger partial charge in [0.05, 0.1) is 11.8 Å². The second-order valence-electron chi connectivity index (χ2n) is 4.27. The molecule has 6 nitrogen and oxygen atoms in total. The van der Waals surface area contributed by atoms with Gasteiger partial charge in [-0.25, -0.2) is 4.68 Å². The molecule has 0 aliphatic carbocycles. The molecule has 2 aromatic rings. The lowest BCUT2D eigenvalue weighted by atomic mass is 10.3. The van der Waals surface area contributed by atoms with E-state index >= 15 is 0 Å². The number of nitrogens with one attached hydrogen (secondary N) is 2. The van der Waals surface area contributed by atoms with Gasteiger partial charge >= 0.3 is 0 Å². The fourth-order valence-electron chi connectivity index (χ4n) is 1.79. The summed E-state index contributed by atoms with van der Waals surface area (Å²) in [6.07, 6.45) is 4.16. The van der Waals surface area contributed by atoms with Gasteiger partial charge < -0.3 is 10.3 Å². The van der Waals surface area contributed by atoms with Crippen LogP contribution in [-0.2, 0) is 6.54 Å². The number of anilines is 1. The van der Waals surface area contributed by atoms with E-state index in [-0.39, 0.29) is 5.91 Å². The van der Waals surface area contributed by atoms with E-state index in [0.29, 0.717) is 17.1 Å². The number of carbonyl (C=O) groups excluding carboxylic acids is 1. The van der Waals surface area contributed by atoms with E-state index in [1.54, 1.807) is 10.9 Å². The van der Waals surface area contributed by atoms with Gasteiger partial charge in [0.15, 0.2) is 0 Å². The summed E-state index contributed by atoms with van der Waals surface area (Å²) in [5.74, 6) is 0.419. The van der Waals surface area contributed by atoms with Gasteiger partial charge in [-0.2, -0.15) is 10.4 Å². The molecule has 0 saturated heterocycles. The smallest absolute Gasteiger partial charge is 0.273 e. The summed E-state index contributed by atoms with van der Waals surface area (Å²) in [5.41, 5.74) is 1.71. The Hall–Kier alpha value is -2.55. The molecule has 6 heteroatoms. The van der Waals surface area contributed by atoms with E-state index in [1.165, 1.54) is 12.3 Å². The van der Waals surface area contributed by atoms with Crippen LogP contribution >= 0.6 is 0 Å². The molecule has 2 aromatic heterocycles. The van der Waals surface area contributed by atoms with E-state index in [0.717, 1.165) is 18.5 Å². The average molecular weight is 257 g/mol.